The summed E-state index contributed by atoms with van der Waals surface area (Å²) in [4.78, 5) is 10.0. The molecule has 1 heterocycles. The second-order valence-corrected chi connectivity index (χ2v) is 2.78. The fourth-order valence-corrected chi connectivity index (χ4v) is 1.09. The molecule has 0 amide bonds. The Labute approximate surface area is 66.7 Å². The van der Waals surface area contributed by atoms with Gasteiger partial charge in [0.25, 0.3) is 0 Å². The van der Waals surface area contributed by atoms with Crippen molar-refractivity contribution in [1.82, 2.24) is 0 Å². The number of hydrogen-bond acceptors (Lipinski definition) is 3. The van der Waals surface area contributed by atoms with Crippen LogP contribution in [0.15, 0.2) is 0 Å². The lowest BCUT2D eigenvalue weighted by molar-refractivity contribution is -0.209. The van der Waals surface area contributed by atoms with Gasteiger partial charge in [0, 0.05) is 12.8 Å². The van der Waals surface area contributed by atoms with E-state index >= 15 is 0 Å². The molecule has 0 spiro atoms. The van der Waals surface area contributed by atoms with Crippen LogP contribution in [0.5, 0.6) is 0 Å². The molecule has 1 aliphatic rings. The molecule has 1 aliphatic heterocycles. The zero-order valence-electron chi connectivity index (χ0n) is 6.79. The third kappa shape index (κ3) is 2.99. The fraction of sp³-hybridized carbons (Fsp3) is 0.875. The predicted octanol–water partition coefficient (Wildman–Crippen LogP) is 1.12. The number of hydrogen-bond donors (Lipinski definition) is 0. The van der Waals surface area contributed by atoms with Crippen molar-refractivity contribution in [1.29, 1.82) is 0 Å². The van der Waals surface area contributed by atoms with Crippen molar-refractivity contribution in [3.8, 4) is 0 Å². The van der Waals surface area contributed by atoms with Gasteiger partial charge in [-0.15, -0.1) is 0 Å². The van der Waals surface area contributed by atoms with Gasteiger partial charge in [0.1, 0.15) is 6.29 Å². The lowest BCUT2D eigenvalue weighted by atomic mass is 10.2. The Kier molecular flexibility index (Phi) is 3.52. The zero-order valence-corrected chi connectivity index (χ0v) is 6.79. The standard InChI is InChI=1S/C8H14O3/c1-7-4-6-10-8(11-7)3-2-5-9/h5,7-8H,2-4,6H2,1H3. The normalized spacial score (nSPS) is 31.7. The van der Waals surface area contributed by atoms with E-state index in [4.69, 9.17) is 9.47 Å². The van der Waals surface area contributed by atoms with Gasteiger partial charge >= 0.3 is 0 Å². The Bertz CT molecular complexity index is 125. The first-order chi connectivity index (χ1) is 5.33. The minimum absolute atomic E-state index is 0.149. The molecule has 2 unspecified atom stereocenters. The Morgan fingerprint density at radius 3 is 3.09 bits per heavy atom. The van der Waals surface area contributed by atoms with Crippen LogP contribution in [-0.2, 0) is 14.3 Å². The summed E-state index contributed by atoms with van der Waals surface area (Å²) in [7, 11) is 0. The minimum Gasteiger partial charge on any atom is -0.353 e. The van der Waals surface area contributed by atoms with Crippen molar-refractivity contribution in [3.05, 3.63) is 0 Å². The molecular weight excluding hydrogens is 144 g/mol. The molecule has 64 valence electrons. The summed E-state index contributed by atoms with van der Waals surface area (Å²) in [5, 5.41) is 0. The van der Waals surface area contributed by atoms with Crippen molar-refractivity contribution < 1.29 is 14.3 Å². The summed E-state index contributed by atoms with van der Waals surface area (Å²) >= 11 is 0. The zero-order chi connectivity index (χ0) is 8.10. The Morgan fingerprint density at radius 1 is 1.64 bits per heavy atom. The average molecular weight is 158 g/mol. The van der Waals surface area contributed by atoms with E-state index in [0.29, 0.717) is 12.8 Å². The summed E-state index contributed by atoms with van der Waals surface area (Å²) in [5.74, 6) is 0. The van der Waals surface area contributed by atoms with Crippen LogP contribution in [-0.4, -0.2) is 25.3 Å². The highest BCUT2D eigenvalue weighted by Gasteiger charge is 2.18. The maximum Gasteiger partial charge on any atom is 0.158 e. The monoisotopic (exact) mass is 158 g/mol. The summed E-state index contributed by atoms with van der Waals surface area (Å²) < 4.78 is 10.7. The van der Waals surface area contributed by atoms with E-state index in [2.05, 4.69) is 0 Å². The Balaban J connectivity index is 2.17. The molecule has 1 saturated heterocycles. The van der Waals surface area contributed by atoms with Gasteiger partial charge in [0.05, 0.1) is 12.7 Å². The van der Waals surface area contributed by atoms with Crippen LogP contribution in [0.3, 0.4) is 0 Å². The molecule has 0 N–H and O–H groups in total. The third-order valence-electron chi connectivity index (χ3n) is 1.73. The highest BCUT2D eigenvalue weighted by Crippen LogP contribution is 2.14. The molecule has 2 atom stereocenters. The van der Waals surface area contributed by atoms with Crippen LogP contribution in [0.2, 0.25) is 0 Å². The van der Waals surface area contributed by atoms with Crippen molar-refractivity contribution in [2.75, 3.05) is 6.61 Å². The lowest BCUT2D eigenvalue weighted by Crippen LogP contribution is -2.30. The van der Waals surface area contributed by atoms with Gasteiger partial charge in [-0.05, 0) is 13.3 Å². The molecule has 0 radical (unpaired) electrons. The van der Waals surface area contributed by atoms with Gasteiger partial charge in [0.2, 0.25) is 0 Å². The van der Waals surface area contributed by atoms with Crippen LogP contribution in [0, 0.1) is 0 Å². The van der Waals surface area contributed by atoms with Gasteiger partial charge in [-0.3, -0.25) is 0 Å². The fourth-order valence-electron chi connectivity index (χ4n) is 1.09. The van der Waals surface area contributed by atoms with Gasteiger partial charge in [-0.1, -0.05) is 0 Å². The van der Waals surface area contributed by atoms with Crippen molar-refractivity contribution in [2.45, 2.75) is 38.6 Å². The summed E-state index contributed by atoms with van der Waals surface area (Å²) in [6, 6.07) is 0. The van der Waals surface area contributed by atoms with E-state index < -0.39 is 0 Å². The molecule has 0 aromatic carbocycles. The van der Waals surface area contributed by atoms with Gasteiger partial charge in [0.15, 0.2) is 6.29 Å². The third-order valence-corrected chi connectivity index (χ3v) is 1.73. The van der Waals surface area contributed by atoms with Crippen LogP contribution in [0.1, 0.15) is 26.2 Å². The summed E-state index contributed by atoms with van der Waals surface area (Å²) in [6.45, 7) is 2.78. The maximum atomic E-state index is 10.0. The second-order valence-electron chi connectivity index (χ2n) is 2.78. The Hall–Kier alpha value is -0.410. The van der Waals surface area contributed by atoms with Gasteiger partial charge in [-0.2, -0.15) is 0 Å². The quantitative estimate of drug-likeness (QED) is 0.577. The maximum absolute atomic E-state index is 10.0. The Morgan fingerprint density at radius 2 is 2.45 bits per heavy atom. The largest absolute Gasteiger partial charge is 0.353 e. The van der Waals surface area contributed by atoms with E-state index in [-0.39, 0.29) is 12.4 Å². The molecule has 11 heavy (non-hydrogen) atoms. The van der Waals surface area contributed by atoms with Crippen LogP contribution in [0.4, 0.5) is 0 Å². The van der Waals surface area contributed by atoms with Crippen LogP contribution < -0.4 is 0 Å². The van der Waals surface area contributed by atoms with E-state index in [0.717, 1.165) is 19.3 Å². The van der Waals surface area contributed by atoms with Crippen molar-refractivity contribution in [3.63, 3.8) is 0 Å². The number of rotatable bonds is 3. The van der Waals surface area contributed by atoms with Crippen molar-refractivity contribution >= 4 is 6.29 Å². The summed E-state index contributed by atoms with van der Waals surface area (Å²) in [6.07, 6.45) is 3.19. The van der Waals surface area contributed by atoms with Gasteiger partial charge in [-0.25, -0.2) is 0 Å². The molecule has 0 aromatic heterocycles. The first-order valence-corrected chi connectivity index (χ1v) is 4.03. The number of carbonyl (C=O) groups excluding carboxylic acids is 1. The van der Waals surface area contributed by atoms with E-state index in [1.54, 1.807) is 0 Å². The topological polar surface area (TPSA) is 35.5 Å². The molecule has 0 bridgehead atoms. The molecule has 0 saturated carbocycles. The number of aldehydes is 1. The smallest absolute Gasteiger partial charge is 0.158 e. The number of ether oxygens (including phenoxy) is 2. The lowest BCUT2D eigenvalue weighted by Gasteiger charge is -2.27. The van der Waals surface area contributed by atoms with Gasteiger partial charge < -0.3 is 14.3 Å². The van der Waals surface area contributed by atoms with E-state index in [1.807, 2.05) is 6.92 Å². The first kappa shape index (κ1) is 8.68. The van der Waals surface area contributed by atoms with Crippen LogP contribution >= 0.6 is 0 Å². The molecule has 0 aromatic rings. The molecule has 0 aliphatic carbocycles. The highest BCUT2D eigenvalue weighted by molar-refractivity contribution is 5.49. The SMILES string of the molecule is CC1CCOC(CCC=O)O1. The molecule has 3 nitrogen and oxygen atoms in total. The summed E-state index contributed by atoms with van der Waals surface area (Å²) in [5.41, 5.74) is 0. The molecular formula is C8H14O3. The average Bonchev–Trinajstić information content (AvgIpc) is 2.01. The molecule has 3 heteroatoms. The first-order valence-electron chi connectivity index (χ1n) is 4.03. The number of carbonyl (C=O) groups is 1. The molecule has 1 fully saturated rings. The predicted molar refractivity (Wildman–Crippen MR) is 40.2 cm³/mol. The second kappa shape index (κ2) is 4.46. The minimum atomic E-state index is -0.149. The van der Waals surface area contributed by atoms with E-state index in [1.165, 1.54) is 0 Å². The molecule has 1 rings (SSSR count). The van der Waals surface area contributed by atoms with Crippen molar-refractivity contribution in [2.24, 2.45) is 0 Å². The van der Waals surface area contributed by atoms with E-state index in [9.17, 15) is 4.79 Å². The highest BCUT2D eigenvalue weighted by atomic mass is 16.7. The van der Waals surface area contributed by atoms with Crippen LogP contribution in [0.25, 0.3) is 0 Å².